The fourth-order valence-corrected chi connectivity index (χ4v) is 3.40. The molecule has 0 atom stereocenters. The molecule has 0 saturated heterocycles. The fraction of sp³-hybridized carbons (Fsp3) is 0.308. The number of sulfonamides is 1. The number of hydrogen-bond acceptors (Lipinski definition) is 6. The first-order valence-electron chi connectivity index (χ1n) is 6.30. The number of aliphatic hydroxyl groups excluding tert-OH is 1. The molecule has 0 spiro atoms. The highest BCUT2D eigenvalue weighted by molar-refractivity contribution is 7.89. The largest absolute Gasteiger partial charge is 0.494 e. The second kappa shape index (κ2) is 6.99. The quantitative estimate of drug-likeness (QED) is 0.804. The zero-order valence-corrected chi connectivity index (χ0v) is 13.1. The van der Waals surface area contributed by atoms with Crippen LogP contribution in [0.25, 0.3) is 0 Å². The third-order valence-electron chi connectivity index (χ3n) is 2.73. The third kappa shape index (κ3) is 4.01. The molecule has 2 aromatic rings. The Labute approximate surface area is 127 Å². The lowest BCUT2D eigenvalue weighted by Gasteiger charge is -2.11. The van der Waals surface area contributed by atoms with Crippen molar-refractivity contribution in [3.8, 4) is 5.75 Å². The molecular formula is C13H16N2O4S2. The minimum atomic E-state index is -3.64. The molecule has 2 N–H and O–H groups in total. The molecule has 0 bridgehead atoms. The molecule has 0 aliphatic heterocycles. The van der Waals surface area contributed by atoms with Crippen LogP contribution in [0.1, 0.15) is 17.4 Å². The molecule has 0 saturated carbocycles. The van der Waals surface area contributed by atoms with E-state index in [4.69, 9.17) is 4.74 Å². The number of hydrogen-bond donors (Lipinski definition) is 2. The van der Waals surface area contributed by atoms with E-state index < -0.39 is 10.0 Å². The van der Waals surface area contributed by atoms with Crippen LogP contribution in [-0.2, 0) is 23.2 Å². The molecule has 1 aromatic heterocycles. The summed E-state index contributed by atoms with van der Waals surface area (Å²) >= 11 is 1.38. The van der Waals surface area contributed by atoms with Crippen LogP contribution < -0.4 is 9.46 Å². The summed E-state index contributed by atoms with van der Waals surface area (Å²) < 4.78 is 32.3. The van der Waals surface area contributed by atoms with E-state index in [9.17, 15) is 13.5 Å². The maximum absolute atomic E-state index is 12.2. The van der Waals surface area contributed by atoms with Gasteiger partial charge in [0.2, 0.25) is 10.0 Å². The first-order valence-corrected chi connectivity index (χ1v) is 8.66. The second-order valence-electron chi connectivity index (χ2n) is 4.15. The van der Waals surface area contributed by atoms with Crippen LogP contribution >= 0.6 is 11.3 Å². The summed E-state index contributed by atoms with van der Waals surface area (Å²) in [5, 5.41) is 9.31. The average molecular weight is 328 g/mol. The fourth-order valence-electron chi connectivity index (χ4n) is 1.72. The lowest BCUT2D eigenvalue weighted by atomic mass is 10.2. The number of aliphatic hydroxyl groups is 1. The van der Waals surface area contributed by atoms with Gasteiger partial charge >= 0.3 is 0 Å². The molecule has 6 nitrogen and oxygen atoms in total. The van der Waals surface area contributed by atoms with E-state index in [1.54, 1.807) is 17.8 Å². The van der Waals surface area contributed by atoms with Crippen LogP contribution in [0.3, 0.4) is 0 Å². The molecule has 1 heterocycles. The molecule has 114 valence electrons. The van der Waals surface area contributed by atoms with E-state index in [0.717, 1.165) is 4.88 Å². The van der Waals surface area contributed by atoms with Gasteiger partial charge in [0, 0.05) is 23.2 Å². The normalized spacial score (nSPS) is 11.5. The van der Waals surface area contributed by atoms with Crippen molar-refractivity contribution in [2.24, 2.45) is 0 Å². The zero-order chi connectivity index (χ0) is 15.3. The average Bonchev–Trinajstić information content (AvgIpc) is 2.99. The van der Waals surface area contributed by atoms with Gasteiger partial charge in [-0.25, -0.2) is 13.1 Å². The Morgan fingerprint density at radius 3 is 2.86 bits per heavy atom. The van der Waals surface area contributed by atoms with Crippen LogP contribution in [0, 0.1) is 0 Å². The van der Waals surface area contributed by atoms with Gasteiger partial charge in [-0.15, -0.1) is 11.3 Å². The van der Waals surface area contributed by atoms with Crippen LogP contribution in [0.4, 0.5) is 0 Å². The van der Waals surface area contributed by atoms with Gasteiger partial charge in [0.25, 0.3) is 0 Å². The van der Waals surface area contributed by atoms with E-state index in [-0.39, 0.29) is 18.0 Å². The van der Waals surface area contributed by atoms with Crippen molar-refractivity contribution in [2.45, 2.75) is 25.0 Å². The van der Waals surface area contributed by atoms with Gasteiger partial charge in [-0.1, -0.05) is 0 Å². The molecule has 1 aromatic carbocycles. The number of nitrogens with one attached hydrogen (secondary N) is 1. The topological polar surface area (TPSA) is 88.5 Å². The Balaban J connectivity index is 2.19. The first-order chi connectivity index (χ1) is 10.1. The monoisotopic (exact) mass is 328 g/mol. The highest BCUT2D eigenvalue weighted by Crippen LogP contribution is 2.23. The second-order valence-corrected chi connectivity index (χ2v) is 6.89. The summed E-state index contributed by atoms with van der Waals surface area (Å²) in [4.78, 5) is 4.81. The standard InChI is InChI=1S/C13H16N2O4S2/c1-2-19-13-4-3-12(5-10(13)8-16)21(17,18)15-7-11-6-14-9-20-11/h3-6,9,15-16H,2,7-8H2,1H3. The van der Waals surface area contributed by atoms with E-state index >= 15 is 0 Å². The van der Waals surface area contributed by atoms with Gasteiger partial charge in [-0.2, -0.15) is 0 Å². The van der Waals surface area contributed by atoms with Crippen LogP contribution in [0.15, 0.2) is 34.8 Å². The molecule has 0 aliphatic carbocycles. The van der Waals surface area contributed by atoms with Gasteiger partial charge < -0.3 is 9.84 Å². The SMILES string of the molecule is CCOc1ccc(S(=O)(=O)NCc2cncs2)cc1CO. The number of aromatic nitrogens is 1. The van der Waals surface area contributed by atoms with Gasteiger partial charge in [0.15, 0.2) is 0 Å². The highest BCUT2D eigenvalue weighted by atomic mass is 32.2. The van der Waals surface area contributed by atoms with Crippen LogP contribution in [0.2, 0.25) is 0 Å². The van der Waals surface area contributed by atoms with E-state index in [2.05, 4.69) is 9.71 Å². The molecule has 0 aliphatic rings. The van der Waals surface area contributed by atoms with Gasteiger partial charge in [0.05, 0.1) is 23.6 Å². The van der Waals surface area contributed by atoms with Crippen LogP contribution in [-0.4, -0.2) is 25.1 Å². The Bertz CT molecular complexity index is 684. The lowest BCUT2D eigenvalue weighted by molar-refractivity contribution is 0.266. The molecular weight excluding hydrogens is 312 g/mol. The van der Waals surface area contributed by atoms with Gasteiger partial charge in [-0.3, -0.25) is 4.98 Å². The number of ether oxygens (including phenoxy) is 1. The minimum Gasteiger partial charge on any atom is -0.494 e. The Kier molecular flexibility index (Phi) is 5.29. The minimum absolute atomic E-state index is 0.0968. The maximum Gasteiger partial charge on any atom is 0.240 e. The Morgan fingerprint density at radius 1 is 1.43 bits per heavy atom. The molecule has 0 amide bonds. The lowest BCUT2D eigenvalue weighted by Crippen LogP contribution is -2.23. The molecule has 8 heteroatoms. The molecule has 2 rings (SSSR count). The highest BCUT2D eigenvalue weighted by Gasteiger charge is 2.16. The number of benzene rings is 1. The predicted octanol–water partition coefficient (Wildman–Crippen LogP) is 1.51. The maximum atomic E-state index is 12.2. The Hall–Kier alpha value is -1.48. The van der Waals surface area contributed by atoms with Crippen molar-refractivity contribution in [2.75, 3.05) is 6.61 Å². The number of nitrogens with zero attached hydrogens (tertiary/aromatic N) is 1. The molecule has 21 heavy (non-hydrogen) atoms. The number of rotatable bonds is 7. The van der Waals surface area contributed by atoms with Crippen molar-refractivity contribution in [3.05, 3.63) is 40.3 Å². The van der Waals surface area contributed by atoms with E-state index in [1.807, 2.05) is 6.92 Å². The van der Waals surface area contributed by atoms with Crippen molar-refractivity contribution in [1.82, 2.24) is 9.71 Å². The third-order valence-corrected chi connectivity index (χ3v) is 4.91. The van der Waals surface area contributed by atoms with Gasteiger partial charge in [0.1, 0.15) is 5.75 Å². The summed E-state index contributed by atoms with van der Waals surface area (Å²) in [6, 6.07) is 4.43. The number of thiazole rings is 1. The van der Waals surface area contributed by atoms with Gasteiger partial charge in [-0.05, 0) is 25.1 Å². The summed E-state index contributed by atoms with van der Waals surface area (Å²) in [6.45, 7) is 2.17. The molecule has 0 radical (unpaired) electrons. The van der Waals surface area contributed by atoms with E-state index in [0.29, 0.717) is 17.9 Å². The summed E-state index contributed by atoms with van der Waals surface area (Å²) in [7, 11) is -3.64. The van der Waals surface area contributed by atoms with E-state index in [1.165, 1.54) is 23.5 Å². The summed E-state index contributed by atoms with van der Waals surface area (Å²) in [6.07, 6.45) is 1.62. The summed E-state index contributed by atoms with van der Waals surface area (Å²) in [5.74, 6) is 0.487. The predicted molar refractivity (Wildman–Crippen MR) is 79.7 cm³/mol. The molecule has 0 unspecified atom stereocenters. The van der Waals surface area contributed by atoms with Crippen molar-refractivity contribution >= 4 is 21.4 Å². The zero-order valence-electron chi connectivity index (χ0n) is 11.4. The smallest absolute Gasteiger partial charge is 0.240 e. The molecule has 0 fully saturated rings. The first kappa shape index (κ1) is 15.9. The van der Waals surface area contributed by atoms with Crippen molar-refractivity contribution < 1.29 is 18.3 Å². The summed E-state index contributed by atoms with van der Waals surface area (Å²) in [5.41, 5.74) is 2.09. The van der Waals surface area contributed by atoms with Crippen molar-refractivity contribution in [1.29, 1.82) is 0 Å². The van der Waals surface area contributed by atoms with Crippen molar-refractivity contribution in [3.63, 3.8) is 0 Å². The van der Waals surface area contributed by atoms with Crippen LogP contribution in [0.5, 0.6) is 5.75 Å². The Morgan fingerprint density at radius 2 is 2.24 bits per heavy atom.